The molecule has 0 saturated heterocycles. The first kappa shape index (κ1) is 24.9. The van der Waals surface area contributed by atoms with Crippen LogP contribution < -0.4 is 62.6 Å². The van der Waals surface area contributed by atoms with Crippen LogP contribution in [0.3, 0.4) is 0 Å². The number of benzene rings is 1. The van der Waals surface area contributed by atoms with Gasteiger partial charge in [0.25, 0.3) is 5.56 Å². The molecule has 154 valence electrons. The maximum absolute atomic E-state index is 12.7. The maximum atomic E-state index is 12.7. The van der Waals surface area contributed by atoms with E-state index in [2.05, 4.69) is 9.97 Å². The van der Waals surface area contributed by atoms with Crippen molar-refractivity contribution < 1.29 is 64.4 Å². The summed E-state index contributed by atoms with van der Waals surface area (Å²) in [6.07, 6.45) is 4.64. The van der Waals surface area contributed by atoms with Crippen molar-refractivity contribution in [2.75, 3.05) is 0 Å². The number of nitrogens with one attached hydrogen (secondary N) is 1. The van der Waals surface area contributed by atoms with Gasteiger partial charge in [0.1, 0.15) is 21.5 Å². The van der Waals surface area contributed by atoms with Gasteiger partial charge in [0.2, 0.25) is 0 Å². The van der Waals surface area contributed by atoms with E-state index in [4.69, 9.17) is 0 Å². The second-order valence-corrected chi connectivity index (χ2v) is 7.95. The number of aromatic amines is 1. The Kier molecular flexibility index (Phi) is 8.57. The van der Waals surface area contributed by atoms with Crippen LogP contribution in [0.15, 0.2) is 38.8 Å². The van der Waals surface area contributed by atoms with Crippen molar-refractivity contribution in [1.82, 2.24) is 19.1 Å². The smallest absolute Gasteiger partial charge is 0.744 e. The van der Waals surface area contributed by atoms with Crippen LogP contribution in [0.2, 0.25) is 0 Å². The van der Waals surface area contributed by atoms with Gasteiger partial charge in [-0.1, -0.05) is 32.1 Å². The predicted molar refractivity (Wildman–Crippen MR) is 109 cm³/mol. The van der Waals surface area contributed by atoms with E-state index in [1.165, 1.54) is 33.4 Å². The molecule has 11 heteroatoms. The molecular weight excluding hydrogens is 435 g/mol. The van der Waals surface area contributed by atoms with Crippen LogP contribution >= 0.6 is 0 Å². The molecule has 0 aliphatic rings. The van der Waals surface area contributed by atoms with Gasteiger partial charge in [-0.3, -0.25) is 13.9 Å². The molecule has 0 radical (unpaired) electrons. The number of rotatable bonds is 7. The Hall–Kier alpha value is -1.34. The monoisotopic (exact) mass is 456 g/mol. The molecule has 0 aliphatic carbocycles. The topological polar surface area (TPSA) is 130 Å². The minimum absolute atomic E-state index is 0. The van der Waals surface area contributed by atoms with Gasteiger partial charge in [-0.15, -0.1) is 0 Å². The molecule has 3 aromatic rings. The first-order chi connectivity index (χ1) is 13.8. The number of fused-ring (bicyclic) bond motifs is 1. The average Bonchev–Trinajstić information content (AvgIpc) is 3.11. The van der Waals surface area contributed by atoms with Gasteiger partial charge in [0.05, 0.1) is 4.90 Å². The number of aromatic nitrogens is 4. The molecule has 0 spiro atoms. The Labute approximate surface area is 216 Å². The molecule has 0 saturated carbocycles. The molecule has 0 atom stereocenters. The number of hydrogen-bond acceptors (Lipinski definition) is 6. The summed E-state index contributed by atoms with van der Waals surface area (Å²) in [7, 11) is -4.49. The fourth-order valence-corrected chi connectivity index (χ4v) is 3.50. The van der Waals surface area contributed by atoms with Gasteiger partial charge < -0.3 is 9.54 Å². The van der Waals surface area contributed by atoms with E-state index >= 15 is 0 Å². The zero-order valence-electron chi connectivity index (χ0n) is 17.1. The Morgan fingerprint density at radius 3 is 2.20 bits per heavy atom. The molecule has 0 amide bonds. The van der Waals surface area contributed by atoms with Crippen LogP contribution in [-0.2, 0) is 23.2 Å². The van der Waals surface area contributed by atoms with Crippen molar-refractivity contribution in [1.29, 1.82) is 0 Å². The predicted octanol–water partition coefficient (Wildman–Crippen LogP) is -1.22. The maximum Gasteiger partial charge on any atom is 1.00 e. The quantitative estimate of drug-likeness (QED) is 0.351. The zero-order chi connectivity index (χ0) is 21.2. The molecule has 0 bridgehead atoms. The Morgan fingerprint density at radius 2 is 1.63 bits per heavy atom. The fourth-order valence-electron chi connectivity index (χ4n) is 3.03. The second kappa shape index (κ2) is 10.3. The largest absolute Gasteiger partial charge is 1.00 e. The number of aryl methyl sites for hydroxylation is 1. The summed E-state index contributed by atoms with van der Waals surface area (Å²) in [5.41, 5.74) is 0.437. The van der Waals surface area contributed by atoms with E-state index in [1.54, 1.807) is 12.2 Å². The van der Waals surface area contributed by atoms with Crippen molar-refractivity contribution in [3.8, 4) is 0 Å². The average molecular weight is 457 g/mol. The van der Waals surface area contributed by atoms with Gasteiger partial charge in [-0.05, 0) is 36.6 Å². The van der Waals surface area contributed by atoms with E-state index < -0.39 is 15.7 Å². The molecule has 30 heavy (non-hydrogen) atoms. The molecule has 1 aromatic carbocycles. The van der Waals surface area contributed by atoms with Crippen LogP contribution in [-0.4, -0.2) is 32.1 Å². The molecule has 0 fully saturated rings. The number of H-pyrrole nitrogens is 1. The van der Waals surface area contributed by atoms with E-state index in [1.807, 2.05) is 13.8 Å². The van der Waals surface area contributed by atoms with E-state index in [0.29, 0.717) is 43.0 Å². The van der Waals surface area contributed by atoms with Crippen LogP contribution in [0.1, 0.15) is 38.1 Å². The van der Waals surface area contributed by atoms with Crippen LogP contribution in [0.4, 0.5) is 0 Å². The van der Waals surface area contributed by atoms with Crippen LogP contribution in [0.5, 0.6) is 0 Å². The summed E-state index contributed by atoms with van der Waals surface area (Å²) < 4.78 is 35.7. The van der Waals surface area contributed by atoms with Crippen molar-refractivity contribution in [3.63, 3.8) is 0 Å². The standard InChI is InChI=1S/C19H22N4O5S.K/c1-3-11-22-17-16(18(24)23(12-4-2)19(22)25)20-15(21-17)10-7-13-5-8-14(9-6-13)29(26,27)28;/h5-10H,3-4,11-12H2,1-2H3,(H,20,21)(H,26,27,28);/q;+1/p-1/b10-7+;. The van der Waals surface area contributed by atoms with Crippen LogP contribution in [0, 0.1) is 0 Å². The normalized spacial score (nSPS) is 11.8. The van der Waals surface area contributed by atoms with E-state index in [0.717, 1.165) is 0 Å². The number of hydrogen-bond donors (Lipinski definition) is 1. The third-order valence-electron chi connectivity index (χ3n) is 4.38. The summed E-state index contributed by atoms with van der Waals surface area (Å²) in [4.78, 5) is 32.4. The van der Waals surface area contributed by atoms with Gasteiger partial charge in [0, 0.05) is 13.1 Å². The third kappa shape index (κ3) is 5.28. The number of nitrogens with zero attached hydrogens (tertiary/aromatic N) is 3. The van der Waals surface area contributed by atoms with Gasteiger partial charge in [0.15, 0.2) is 5.65 Å². The summed E-state index contributed by atoms with van der Waals surface area (Å²) in [5.74, 6) is 0.385. The third-order valence-corrected chi connectivity index (χ3v) is 5.23. The van der Waals surface area contributed by atoms with Crippen molar-refractivity contribution >= 4 is 33.4 Å². The molecule has 1 N–H and O–H groups in total. The van der Waals surface area contributed by atoms with Gasteiger partial charge in [-0.25, -0.2) is 18.2 Å². The Balaban J connectivity index is 0.00000320. The fraction of sp³-hybridized carbons (Fsp3) is 0.316. The Bertz CT molecular complexity index is 1290. The number of imidazole rings is 1. The SMILES string of the molecule is CCCn1c(=O)c2[nH]c(/C=C/c3ccc(S(=O)(=O)[O-])cc3)nc2n(CCC)c1=O.[K+]. The first-order valence-electron chi connectivity index (χ1n) is 9.23. The van der Waals surface area contributed by atoms with Gasteiger partial charge in [-0.2, -0.15) is 0 Å². The Morgan fingerprint density at radius 1 is 1.03 bits per heavy atom. The zero-order valence-corrected chi connectivity index (χ0v) is 21.0. The van der Waals surface area contributed by atoms with Gasteiger partial charge >= 0.3 is 57.1 Å². The van der Waals surface area contributed by atoms with E-state index in [9.17, 15) is 22.6 Å². The molecule has 2 heterocycles. The summed E-state index contributed by atoms with van der Waals surface area (Å²) in [6.45, 7) is 4.60. The molecule has 0 aliphatic heterocycles. The molecule has 9 nitrogen and oxygen atoms in total. The molecular formula is C19H21KN4O5S. The van der Waals surface area contributed by atoms with E-state index in [-0.39, 0.29) is 67.5 Å². The van der Waals surface area contributed by atoms with Crippen molar-refractivity contribution in [3.05, 3.63) is 56.5 Å². The molecule has 0 unspecified atom stereocenters. The summed E-state index contributed by atoms with van der Waals surface area (Å²) >= 11 is 0. The van der Waals surface area contributed by atoms with Crippen molar-refractivity contribution in [2.45, 2.75) is 44.7 Å². The second-order valence-electron chi connectivity index (χ2n) is 6.57. The minimum atomic E-state index is -4.49. The minimum Gasteiger partial charge on any atom is -0.744 e. The van der Waals surface area contributed by atoms with Crippen molar-refractivity contribution in [2.24, 2.45) is 0 Å². The first-order valence-corrected chi connectivity index (χ1v) is 10.6. The van der Waals surface area contributed by atoms with Crippen LogP contribution in [0.25, 0.3) is 23.3 Å². The molecule has 3 rings (SSSR count). The molecule has 2 aromatic heterocycles. The summed E-state index contributed by atoms with van der Waals surface area (Å²) in [5, 5.41) is 0. The summed E-state index contributed by atoms with van der Waals surface area (Å²) in [6, 6.07) is 5.43.